The van der Waals surface area contributed by atoms with Crippen LogP contribution in [0.2, 0.25) is 0 Å². The fourth-order valence-corrected chi connectivity index (χ4v) is 3.79. The summed E-state index contributed by atoms with van der Waals surface area (Å²) >= 11 is 0. The van der Waals surface area contributed by atoms with Crippen LogP contribution >= 0.6 is 0 Å². The van der Waals surface area contributed by atoms with E-state index in [4.69, 9.17) is 0 Å². The molecule has 9 heteroatoms. The van der Waals surface area contributed by atoms with Crippen molar-refractivity contribution < 1.29 is 22.8 Å². The fourth-order valence-electron chi connectivity index (χ4n) is 3.23. The maximum absolute atomic E-state index is 12.9. The Morgan fingerprint density at radius 1 is 0.897 bits per heavy atom. The number of sulfonamides is 1. The van der Waals surface area contributed by atoms with E-state index in [1.54, 1.807) is 38.1 Å². The van der Waals surface area contributed by atoms with Crippen molar-refractivity contribution in [2.24, 2.45) is 5.92 Å². The van der Waals surface area contributed by atoms with Crippen LogP contribution in [0, 0.1) is 5.92 Å². The Bertz CT molecular complexity index is 1040. The van der Waals surface area contributed by atoms with Gasteiger partial charge in [0, 0.05) is 11.4 Å². The molecule has 29 heavy (non-hydrogen) atoms. The molecule has 0 saturated carbocycles. The van der Waals surface area contributed by atoms with Crippen molar-refractivity contribution >= 4 is 39.1 Å². The summed E-state index contributed by atoms with van der Waals surface area (Å²) in [6, 6.07) is 11.6. The first-order valence-corrected chi connectivity index (χ1v) is 10.8. The van der Waals surface area contributed by atoms with E-state index >= 15 is 0 Å². The number of fused-ring (bicyclic) bond motifs is 1. The van der Waals surface area contributed by atoms with Crippen molar-refractivity contribution in [1.82, 2.24) is 4.90 Å². The molecule has 0 bridgehead atoms. The Balaban J connectivity index is 1.81. The third-order valence-electron chi connectivity index (χ3n) is 4.46. The van der Waals surface area contributed by atoms with Gasteiger partial charge in [-0.15, -0.1) is 0 Å². The molecule has 3 amide bonds. The molecule has 0 saturated heterocycles. The molecule has 152 valence electrons. The smallest absolute Gasteiger partial charge is 0.262 e. The zero-order chi connectivity index (χ0) is 21.3. The van der Waals surface area contributed by atoms with Gasteiger partial charge in [-0.05, 0) is 42.3 Å². The van der Waals surface area contributed by atoms with Crippen LogP contribution in [0.5, 0.6) is 0 Å². The second-order valence-electron chi connectivity index (χ2n) is 7.16. The van der Waals surface area contributed by atoms with E-state index in [-0.39, 0.29) is 17.0 Å². The largest absolute Gasteiger partial charge is 0.324 e. The lowest BCUT2D eigenvalue weighted by Crippen LogP contribution is -2.50. The summed E-state index contributed by atoms with van der Waals surface area (Å²) in [5, 5.41) is 2.70. The zero-order valence-electron chi connectivity index (χ0n) is 16.2. The van der Waals surface area contributed by atoms with Gasteiger partial charge in [-0.1, -0.05) is 26.0 Å². The Morgan fingerprint density at radius 3 is 1.83 bits per heavy atom. The number of rotatable bonds is 6. The lowest BCUT2D eigenvalue weighted by Gasteiger charge is -2.28. The molecular weight excluding hydrogens is 394 g/mol. The van der Waals surface area contributed by atoms with Gasteiger partial charge < -0.3 is 5.32 Å². The van der Waals surface area contributed by atoms with Crippen LogP contribution in [0.1, 0.15) is 34.6 Å². The standard InChI is InChI=1S/C20H21N3O5S/c1-12(2)17(23-19(25)15-6-4-5-7-16(15)20(23)26)18(24)21-13-8-10-14(11-9-13)22-29(3,27)28/h4-12,17,22H,1-3H3,(H,21,24). The van der Waals surface area contributed by atoms with Crippen LogP contribution in [0.25, 0.3) is 0 Å². The highest BCUT2D eigenvalue weighted by molar-refractivity contribution is 7.92. The molecule has 0 radical (unpaired) electrons. The Kier molecular flexibility index (Phi) is 5.43. The van der Waals surface area contributed by atoms with E-state index in [9.17, 15) is 22.8 Å². The highest BCUT2D eigenvalue weighted by Crippen LogP contribution is 2.28. The number of carbonyl (C=O) groups excluding carboxylic acids is 3. The maximum atomic E-state index is 12.9. The van der Waals surface area contributed by atoms with Gasteiger partial charge >= 0.3 is 0 Å². The Labute approximate surface area is 169 Å². The van der Waals surface area contributed by atoms with Crippen molar-refractivity contribution in [2.75, 3.05) is 16.3 Å². The number of hydrogen-bond donors (Lipinski definition) is 2. The van der Waals surface area contributed by atoms with E-state index in [0.29, 0.717) is 11.4 Å². The third kappa shape index (κ3) is 4.29. The van der Waals surface area contributed by atoms with Gasteiger partial charge in [-0.2, -0.15) is 0 Å². The first kappa shape index (κ1) is 20.5. The molecule has 1 atom stereocenters. The number of hydrogen-bond acceptors (Lipinski definition) is 5. The van der Waals surface area contributed by atoms with Crippen molar-refractivity contribution in [2.45, 2.75) is 19.9 Å². The lowest BCUT2D eigenvalue weighted by molar-refractivity contribution is -0.121. The summed E-state index contributed by atoms with van der Waals surface area (Å²) in [6.07, 6.45) is 1.04. The number of carbonyl (C=O) groups is 3. The van der Waals surface area contributed by atoms with Crippen LogP contribution in [-0.4, -0.2) is 43.3 Å². The molecule has 0 spiro atoms. The van der Waals surface area contributed by atoms with Crippen molar-refractivity contribution in [3.05, 3.63) is 59.7 Å². The quantitative estimate of drug-likeness (QED) is 0.703. The van der Waals surface area contributed by atoms with Crippen molar-refractivity contribution in [1.29, 1.82) is 0 Å². The highest BCUT2D eigenvalue weighted by atomic mass is 32.2. The summed E-state index contributed by atoms with van der Waals surface area (Å²) in [6.45, 7) is 3.51. The summed E-state index contributed by atoms with van der Waals surface area (Å²) in [5.74, 6) is -1.80. The molecule has 3 rings (SSSR count). The first-order valence-electron chi connectivity index (χ1n) is 8.94. The maximum Gasteiger partial charge on any atom is 0.262 e. The number of nitrogens with one attached hydrogen (secondary N) is 2. The van der Waals surface area contributed by atoms with Gasteiger partial charge in [-0.3, -0.25) is 24.0 Å². The minimum absolute atomic E-state index is 0.284. The number of benzene rings is 2. The van der Waals surface area contributed by atoms with Crippen molar-refractivity contribution in [3.8, 4) is 0 Å². The predicted molar refractivity (Wildman–Crippen MR) is 109 cm³/mol. The molecule has 1 aliphatic heterocycles. The Hall–Kier alpha value is -3.20. The fraction of sp³-hybridized carbons (Fsp3) is 0.250. The molecule has 0 aliphatic carbocycles. The normalized spacial score (nSPS) is 14.7. The van der Waals surface area contributed by atoms with Gasteiger partial charge in [0.15, 0.2) is 0 Å². The number of imide groups is 1. The van der Waals surface area contributed by atoms with Crippen molar-refractivity contribution in [3.63, 3.8) is 0 Å². The lowest BCUT2D eigenvalue weighted by atomic mass is 10.0. The SMILES string of the molecule is CC(C)C(C(=O)Nc1ccc(NS(C)(=O)=O)cc1)N1C(=O)c2ccccc2C1=O. The average molecular weight is 415 g/mol. The topological polar surface area (TPSA) is 113 Å². The molecule has 1 heterocycles. The van der Waals surface area contributed by atoms with E-state index in [2.05, 4.69) is 10.0 Å². The molecule has 2 aromatic rings. The molecule has 1 aliphatic rings. The number of nitrogens with zero attached hydrogens (tertiary/aromatic N) is 1. The number of anilines is 2. The Morgan fingerprint density at radius 2 is 1.38 bits per heavy atom. The van der Waals surface area contributed by atoms with Crippen LogP contribution in [0.15, 0.2) is 48.5 Å². The first-order chi connectivity index (χ1) is 13.6. The van der Waals surface area contributed by atoms with Crippen LogP contribution < -0.4 is 10.0 Å². The van der Waals surface area contributed by atoms with E-state index in [1.807, 2.05) is 0 Å². The summed E-state index contributed by atoms with van der Waals surface area (Å²) in [5.41, 5.74) is 1.34. The molecular formula is C20H21N3O5S. The van der Waals surface area contributed by atoms with Gasteiger partial charge in [0.1, 0.15) is 6.04 Å². The second kappa shape index (κ2) is 7.67. The van der Waals surface area contributed by atoms with E-state index < -0.39 is 33.8 Å². The number of amides is 3. The molecule has 2 N–H and O–H groups in total. The van der Waals surface area contributed by atoms with Crippen LogP contribution in [0.3, 0.4) is 0 Å². The molecule has 0 aromatic heterocycles. The van der Waals surface area contributed by atoms with Gasteiger partial charge in [-0.25, -0.2) is 8.42 Å². The highest BCUT2D eigenvalue weighted by Gasteiger charge is 2.43. The van der Waals surface area contributed by atoms with Crippen LogP contribution in [-0.2, 0) is 14.8 Å². The minimum atomic E-state index is -3.41. The molecule has 8 nitrogen and oxygen atoms in total. The summed E-state index contributed by atoms with van der Waals surface area (Å²) < 4.78 is 24.9. The molecule has 1 unspecified atom stereocenters. The zero-order valence-corrected chi connectivity index (χ0v) is 17.0. The van der Waals surface area contributed by atoms with Gasteiger partial charge in [0.2, 0.25) is 15.9 Å². The summed E-state index contributed by atoms with van der Waals surface area (Å²) in [4.78, 5) is 39.4. The molecule has 0 fully saturated rings. The minimum Gasteiger partial charge on any atom is -0.324 e. The van der Waals surface area contributed by atoms with E-state index in [0.717, 1.165) is 11.2 Å². The van der Waals surface area contributed by atoms with Crippen LogP contribution in [0.4, 0.5) is 11.4 Å². The summed E-state index contributed by atoms with van der Waals surface area (Å²) in [7, 11) is -3.41. The monoisotopic (exact) mass is 415 g/mol. The van der Waals surface area contributed by atoms with E-state index in [1.165, 1.54) is 24.3 Å². The van der Waals surface area contributed by atoms with Gasteiger partial charge in [0.25, 0.3) is 11.8 Å². The predicted octanol–water partition coefficient (Wildman–Crippen LogP) is 2.32. The third-order valence-corrected chi connectivity index (χ3v) is 5.07. The molecule has 2 aromatic carbocycles. The average Bonchev–Trinajstić information content (AvgIpc) is 2.88. The second-order valence-corrected chi connectivity index (χ2v) is 8.90. The van der Waals surface area contributed by atoms with Gasteiger partial charge in [0.05, 0.1) is 17.4 Å².